The van der Waals surface area contributed by atoms with E-state index in [-0.39, 0.29) is 6.04 Å². The van der Waals surface area contributed by atoms with Crippen LogP contribution in [0.4, 0.5) is 0 Å². The molecule has 1 unspecified atom stereocenters. The van der Waals surface area contributed by atoms with Crippen molar-refractivity contribution >= 4 is 17.3 Å². The van der Waals surface area contributed by atoms with Crippen LogP contribution in [0.5, 0.6) is 0 Å². The number of esters is 1. The lowest BCUT2D eigenvalue weighted by Gasteiger charge is -2.13. The Bertz CT molecular complexity index is 589. The first-order chi connectivity index (χ1) is 9.79. The summed E-state index contributed by atoms with van der Waals surface area (Å²) in [6, 6.07) is 0.0951. The Morgan fingerprint density at radius 2 is 2.55 bits per heavy atom. The normalized spacial score (nSPS) is 18.4. The van der Waals surface area contributed by atoms with Gasteiger partial charge in [-0.2, -0.15) is 0 Å². The van der Waals surface area contributed by atoms with E-state index < -0.39 is 5.97 Å². The molecule has 0 aliphatic carbocycles. The Hall–Kier alpha value is -1.80. The standard InChI is InChI=1S/C12H15N5O2S/c1-19-12(18)10-11(9-3-2-4-13-9)17(16-15-10)5-8-6-20-7-14-8/h6-7,9,13H,2-5H2,1H3. The predicted octanol–water partition coefficient (Wildman–Crippen LogP) is 0.994. The molecule has 1 fully saturated rings. The second-order valence-electron chi connectivity index (χ2n) is 4.60. The smallest absolute Gasteiger partial charge is 0.360 e. The molecule has 1 aliphatic rings. The Labute approximate surface area is 120 Å². The molecule has 2 aromatic rings. The van der Waals surface area contributed by atoms with Gasteiger partial charge in [-0.1, -0.05) is 5.21 Å². The SMILES string of the molecule is COC(=O)c1nnn(Cc2cscn2)c1C1CCCN1. The van der Waals surface area contributed by atoms with Crippen LogP contribution in [0.1, 0.15) is 40.8 Å². The highest BCUT2D eigenvalue weighted by molar-refractivity contribution is 7.07. The van der Waals surface area contributed by atoms with Crippen molar-refractivity contribution in [2.24, 2.45) is 0 Å². The Morgan fingerprint density at radius 3 is 3.20 bits per heavy atom. The van der Waals surface area contributed by atoms with E-state index >= 15 is 0 Å². The van der Waals surface area contributed by atoms with Gasteiger partial charge in [0.05, 0.1) is 36.6 Å². The highest BCUT2D eigenvalue weighted by atomic mass is 32.1. The summed E-state index contributed by atoms with van der Waals surface area (Å²) >= 11 is 1.53. The van der Waals surface area contributed by atoms with Gasteiger partial charge in [-0.15, -0.1) is 16.4 Å². The van der Waals surface area contributed by atoms with Crippen molar-refractivity contribution in [1.82, 2.24) is 25.3 Å². The van der Waals surface area contributed by atoms with Gasteiger partial charge < -0.3 is 10.1 Å². The van der Waals surface area contributed by atoms with Crippen LogP contribution in [0.25, 0.3) is 0 Å². The Balaban J connectivity index is 1.96. The van der Waals surface area contributed by atoms with Crippen LogP contribution in [-0.2, 0) is 11.3 Å². The minimum absolute atomic E-state index is 0.0951. The molecule has 0 bridgehead atoms. The van der Waals surface area contributed by atoms with E-state index in [9.17, 15) is 4.79 Å². The molecule has 0 saturated carbocycles. The summed E-state index contributed by atoms with van der Waals surface area (Å²) in [4.78, 5) is 16.1. The maximum absolute atomic E-state index is 11.8. The summed E-state index contributed by atoms with van der Waals surface area (Å²) in [7, 11) is 1.35. The first-order valence-electron chi connectivity index (χ1n) is 6.41. The zero-order valence-corrected chi connectivity index (χ0v) is 11.9. The van der Waals surface area contributed by atoms with E-state index in [1.807, 2.05) is 5.38 Å². The van der Waals surface area contributed by atoms with Crippen molar-refractivity contribution in [2.75, 3.05) is 13.7 Å². The largest absolute Gasteiger partial charge is 0.464 e. The van der Waals surface area contributed by atoms with E-state index in [1.165, 1.54) is 18.4 Å². The maximum Gasteiger partial charge on any atom is 0.360 e. The topological polar surface area (TPSA) is 81.9 Å². The monoisotopic (exact) mass is 293 g/mol. The number of carbonyl (C=O) groups is 1. The van der Waals surface area contributed by atoms with Crippen molar-refractivity contribution in [1.29, 1.82) is 0 Å². The fourth-order valence-corrected chi connectivity index (χ4v) is 2.96. The molecule has 20 heavy (non-hydrogen) atoms. The molecule has 0 radical (unpaired) electrons. The van der Waals surface area contributed by atoms with Crippen LogP contribution in [0.3, 0.4) is 0 Å². The number of hydrogen-bond donors (Lipinski definition) is 1. The van der Waals surface area contributed by atoms with Gasteiger partial charge in [-0.25, -0.2) is 14.5 Å². The molecule has 0 aromatic carbocycles. The molecule has 0 amide bonds. The lowest BCUT2D eigenvalue weighted by atomic mass is 10.1. The molecule has 1 atom stereocenters. The average Bonchev–Trinajstić information content (AvgIpc) is 3.19. The molecule has 8 heteroatoms. The van der Waals surface area contributed by atoms with E-state index in [0.717, 1.165) is 30.8 Å². The molecular weight excluding hydrogens is 278 g/mol. The third-order valence-corrected chi connectivity index (χ3v) is 3.97. The van der Waals surface area contributed by atoms with Crippen molar-refractivity contribution in [3.63, 3.8) is 0 Å². The average molecular weight is 293 g/mol. The number of methoxy groups -OCH3 is 1. The first kappa shape index (κ1) is 13.2. The molecule has 0 spiro atoms. The number of nitrogens with one attached hydrogen (secondary N) is 1. The van der Waals surface area contributed by atoms with Crippen molar-refractivity contribution in [3.05, 3.63) is 28.0 Å². The van der Waals surface area contributed by atoms with Crippen LogP contribution in [0.15, 0.2) is 10.9 Å². The molecule has 2 aromatic heterocycles. The number of aromatic nitrogens is 4. The van der Waals surface area contributed by atoms with Crippen LogP contribution in [-0.4, -0.2) is 39.6 Å². The maximum atomic E-state index is 11.8. The molecule has 7 nitrogen and oxygen atoms in total. The van der Waals surface area contributed by atoms with Crippen molar-refractivity contribution in [3.8, 4) is 0 Å². The van der Waals surface area contributed by atoms with E-state index in [1.54, 1.807) is 10.2 Å². The van der Waals surface area contributed by atoms with Gasteiger partial charge in [0.1, 0.15) is 0 Å². The molecule has 1 N–H and O–H groups in total. The van der Waals surface area contributed by atoms with Crippen molar-refractivity contribution in [2.45, 2.75) is 25.4 Å². The number of rotatable bonds is 4. The number of hydrogen-bond acceptors (Lipinski definition) is 7. The summed E-state index contributed by atoms with van der Waals surface area (Å²) in [6.07, 6.45) is 2.04. The second kappa shape index (κ2) is 5.68. The summed E-state index contributed by atoms with van der Waals surface area (Å²) in [5.41, 5.74) is 3.78. The van der Waals surface area contributed by atoms with Gasteiger partial charge >= 0.3 is 5.97 Å². The fourth-order valence-electron chi connectivity index (χ4n) is 2.41. The minimum Gasteiger partial charge on any atom is -0.464 e. The lowest BCUT2D eigenvalue weighted by Crippen LogP contribution is -2.21. The molecule has 3 heterocycles. The van der Waals surface area contributed by atoms with Gasteiger partial charge in [-0.05, 0) is 19.4 Å². The number of nitrogens with zero attached hydrogens (tertiary/aromatic N) is 4. The quantitative estimate of drug-likeness (QED) is 0.847. The summed E-state index contributed by atoms with van der Waals surface area (Å²) in [6.45, 7) is 1.45. The summed E-state index contributed by atoms with van der Waals surface area (Å²) in [5, 5.41) is 13.4. The Morgan fingerprint density at radius 1 is 1.65 bits per heavy atom. The third-order valence-electron chi connectivity index (χ3n) is 3.34. The summed E-state index contributed by atoms with van der Waals surface area (Å²) < 4.78 is 6.53. The second-order valence-corrected chi connectivity index (χ2v) is 5.32. The number of ether oxygens (including phenoxy) is 1. The Kier molecular flexibility index (Phi) is 3.75. The van der Waals surface area contributed by atoms with E-state index in [4.69, 9.17) is 4.74 Å². The zero-order chi connectivity index (χ0) is 13.9. The van der Waals surface area contributed by atoms with E-state index in [2.05, 4.69) is 20.6 Å². The van der Waals surface area contributed by atoms with Gasteiger partial charge in [0, 0.05) is 5.38 Å². The number of carbonyl (C=O) groups excluding carboxylic acids is 1. The predicted molar refractivity (Wildman–Crippen MR) is 72.6 cm³/mol. The fraction of sp³-hybridized carbons (Fsp3) is 0.500. The van der Waals surface area contributed by atoms with E-state index in [0.29, 0.717) is 12.2 Å². The van der Waals surface area contributed by atoms with Crippen LogP contribution >= 0.6 is 11.3 Å². The minimum atomic E-state index is -0.446. The van der Waals surface area contributed by atoms with Gasteiger partial charge in [0.2, 0.25) is 0 Å². The van der Waals surface area contributed by atoms with Crippen LogP contribution in [0.2, 0.25) is 0 Å². The summed E-state index contributed by atoms with van der Waals surface area (Å²) in [5.74, 6) is -0.446. The highest BCUT2D eigenvalue weighted by Gasteiger charge is 2.29. The molecule has 1 aliphatic heterocycles. The van der Waals surface area contributed by atoms with Crippen molar-refractivity contribution < 1.29 is 9.53 Å². The third kappa shape index (κ3) is 2.44. The lowest BCUT2D eigenvalue weighted by molar-refractivity contribution is 0.0591. The zero-order valence-electron chi connectivity index (χ0n) is 11.1. The molecule has 3 rings (SSSR count). The van der Waals surface area contributed by atoms with Gasteiger partial charge in [-0.3, -0.25) is 0 Å². The van der Waals surface area contributed by atoms with Gasteiger partial charge in [0.15, 0.2) is 5.69 Å². The number of thiazole rings is 1. The first-order valence-corrected chi connectivity index (χ1v) is 7.36. The molecular formula is C12H15N5O2S. The van der Waals surface area contributed by atoms with Crippen LogP contribution < -0.4 is 5.32 Å². The highest BCUT2D eigenvalue weighted by Crippen LogP contribution is 2.26. The molecule has 1 saturated heterocycles. The molecule has 106 valence electrons. The van der Waals surface area contributed by atoms with Crippen LogP contribution in [0, 0.1) is 0 Å². The van der Waals surface area contributed by atoms with Gasteiger partial charge in [0.25, 0.3) is 0 Å².